The number of halogens is 1. The summed E-state index contributed by atoms with van der Waals surface area (Å²) in [4.78, 5) is 6.35. The molecule has 2 rings (SSSR count). The lowest BCUT2D eigenvalue weighted by Gasteiger charge is -2.21. The molecule has 0 spiro atoms. The molecule has 1 N–H and O–H groups in total. The van der Waals surface area contributed by atoms with E-state index in [9.17, 15) is 10.5 Å². The Hall–Kier alpha value is -1.82. The topological polar surface area (TPSA) is 75.7 Å². The molecule has 1 aromatic heterocycles. The fourth-order valence-corrected chi connectivity index (χ4v) is 2.83. The van der Waals surface area contributed by atoms with Gasteiger partial charge < -0.3 is 10.2 Å². The highest BCUT2D eigenvalue weighted by Crippen LogP contribution is 2.30. The third-order valence-electron chi connectivity index (χ3n) is 3.71. The van der Waals surface area contributed by atoms with Crippen LogP contribution in [0.5, 0.6) is 0 Å². The molecule has 0 amide bonds. The SMILES string of the molecule is CCc1c(C#N)c(Cl)nc(N2CCC(NC)C2)c1C#N. The molecule has 6 heteroatoms. The van der Waals surface area contributed by atoms with Crippen molar-refractivity contribution in [3.8, 4) is 12.1 Å². The molecular weight excluding hydrogens is 274 g/mol. The fourth-order valence-electron chi connectivity index (χ4n) is 2.59. The number of rotatable bonds is 3. The number of nitriles is 2. The van der Waals surface area contributed by atoms with Crippen molar-refractivity contribution in [3.05, 3.63) is 21.8 Å². The van der Waals surface area contributed by atoms with Gasteiger partial charge >= 0.3 is 0 Å². The summed E-state index contributed by atoms with van der Waals surface area (Å²) in [5, 5.41) is 22.0. The Kier molecular flexibility index (Phi) is 4.44. The Morgan fingerprint density at radius 2 is 2.10 bits per heavy atom. The number of nitrogens with zero attached hydrogens (tertiary/aromatic N) is 4. The Balaban J connectivity index is 2.52. The molecule has 1 fully saturated rings. The minimum atomic E-state index is 0.186. The molecule has 0 saturated carbocycles. The molecule has 1 aromatic rings. The lowest BCUT2D eigenvalue weighted by atomic mass is 10.0. The Morgan fingerprint density at radius 1 is 1.40 bits per heavy atom. The molecule has 0 bridgehead atoms. The van der Waals surface area contributed by atoms with Gasteiger partial charge in [0.05, 0.1) is 11.1 Å². The maximum atomic E-state index is 9.44. The summed E-state index contributed by atoms with van der Waals surface area (Å²) >= 11 is 6.11. The molecule has 0 aromatic carbocycles. The molecule has 1 saturated heterocycles. The molecule has 104 valence electrons. The van der Waals surface area contributed by atoms with Gasteiger partial charge in [-0.05, 0) is 25.5 Å². The largest absolute Gasteiger partial charge is 0.354 e. The molecule has 5 nitrogen and oxygen atoms in total. The van der Waals surface area contributed by atoms with Gasteiger partial charge in [-0.25, -0.2) is 4.98 Å². The Labute approximate surface area is 123 Å². The number of likely N-dealkylation sites (N-methyl/N-ethyl adjacent to an activating group) is 1. The minimum Gasteiger partial charge on any atom is -0.354 e. The Morgan fingerprint density at radius 3 is 2.60 bits per heavy atom. The minimum absolute atomic E-state index is 0.186. The van der Waals surface area contributed by atoms with E-state index in [1.54, 1.807) is 0 Å². The van der Waals surface area contributed by atoms with Crippen LogP contribution in [-0.4, -0.2) is 31.2 Å². The maximum absolute atomic E-state index is 9.44. The van der Waals surface area contributed by atoms with E-state index in [1.807, 2.05) is 14.0 Å². The van der Waals surface area contributed by atoms with Crippen LogP contribution < -0.4 is 10.2 Å². The van der Waals surface area contributed by atoms with Crippen molar-refractivity contribution in [3.63, 3.8) is 0 Å². The highest BCUT2D eigenvalue weighted by molar-refractivity contribution is 6.30. The molecular formula is C14H16ClN5. The molecule has 1 atom stereocenters. The first kappa shape index (κ1) is 14.6. The van der Waals surface area contributed by atoms with Gasteiger partial charge in [0, 0.05) is 19.1 Å². The standard InChI is InChI=1S/C14H16ClN5/c1-3-10-11(6-16)13(15)19-14(12(10)7-17)20-5-4-9(8-20)18-2/h9,18H,3-5,8H2,1-2H3. The summed E-state index contributed by atoms with van der Waals surface area (Å²) in [7, 11) is 1.93. The van der Waals surface area contributed by atoms with Gasteiger partial charge in [-0.3, -0.25) is 0 Å². The van der Waals surface area contributed by atoms with Gasteiger partial charge in [0.2, 0.25) is 0 Å². The van der Waals surface area contributed by atoms with Gasteiger partial charge in [-0.1, -0.05) is 18.5 Å². The van der Waals surface area contributed by atoms with Gasteiger partial charge in [0.1, 0.15) is 23.1 Å². The quantitative estimate of drug-likeness (QED) is 0.859. The highest BCUT2D eigenvalue weighted by atomic mass is 35.5. The van der Waals surface area contributed by atoms with Crippen LogP contribution in [-0.2, 0) is 6.42 Å². The van der Waals surface area contributed by atoms with Crippen LogP contribution in [0, 0.1) is 22.7 Å². The van der Waals surface area contributed by atoms with Crippen LogP contribution in [0.2, 0.25) is 5.15 Å². The average Bonchev–Trinajstić information content (AvgIpc) is 2.94. The van der Waals surface area contributed by atoms with Gasteiger partial charge in [0.15, 0.2) is 0 Å². The van der Waals surface area contributed by atoms with Crippen molar-refractivity contribution in [2.24, 2.45) is 0 Å². The first-order chi connectivity index (χ1) is 9.65. The normalized spacial score (nSPS) is 17.9. The number of nitrogens with one attached hydrogen (secondary N) is 1. The summed E-state index contributed by atoms with van der Waals surface area (Å²) in [6.45, 7) is 3.54. The summed E-state index contributed by atoms with van der Waals surface area (Å²) in [5.74, 6) is 0.603. The second kappa shape index (κ2) is 6.09. The monoisotopic (exact) mass is 289 g/mol. The van der Waals surface area contributed by atoms with Crippen molar-refractivity contribution in [1.29, 1.82) is 10.5 Å². The number of aromatic nitrogens is 1. The van der Waals surface area contributed by atoms with Crippen molar-refractivity contribution >= 4 is 17.4 Å². The number of pyridine rings is 1. The third-order valence-corrected chi connectivity index (χ3v) is 3.98. The van der Waals surface area contributed by atoms with E-state index >= 15 is 0 Å². The van der Waals surface area contributed by atoms with Crippen molar-refractivity contribution in [2.45, 2.75) is 25.8 Å². The maximum Gasteiger partial charge on any atom is 0.149 e. The number of hydrogen-bond acceptors (Lipinski definition) is 5. The van der Waals surface area contributed by atoms with E-state index in [-0.39, 0.29) is 5.15 Å². The van der Waals surface area contributed by atoms with Crippen molar-refractivity contribution in [2.75, 3.05) is 25.0 Å². The fraction of sp³-hybridized carbons (Fsp3) is 0.500. The zero-order valence-corrected chi connectivity index (χ0v) is 12.3. The van der Waals surface area contributed by atoms with Gasteiger partial charge in [-0.15, -0.1) is 0 Å². The smallest absolute Gasteiger partial charge is 0.149 e. The molecule has 2 heterocycles. The summed E-state index contributed by atoms with van der Waals surface area (Å²) in [5.41, 5.74) is 1.49. The van der Waals surface area contributed by atoms with E-state index < -0.39 is 0 Å². The first-order valence-electron chi connectivity index (χ1n) is 6.61. The van der Waals surface area contributed by atoms with Crippen LogP contribution in [0.4, 0.5) is 5.82 Å². The van der Waals surface area contributed by atoms with E-state index in [0.717, 1.165) is 19.5 Å². The van der Waals surface area contributed by atoms with Crippen LogP contribution in [0.15, 0.2) is 0 Å². The second-order valence-corrected chi connectivity index (χ2v) is 5.11. The third kappa shape index (κ3) is 2.43. The first-order valence-corrected chi connectivity index (χ1v) is 6.98. The summed E-state index contributed by atoms with van der Waals surface area (Å²) < 4.78 is 0. The molecule has 0 aliphatic carbocycles. The number of anilines is 1. The zero-order chi connectivity index (χ0) is 14.7. The van der Waals surface area contributed by atoms with Gasteiger partial charge in [0.25, 0.3) is 0 Å². The van der Waals surface area contributed by atoms with Crippen LogP contribution in [0.3, 0.4) is 0 Å². The molecule has 1 unspecified atom stereocenters. The van der Waals surface area contributed by atoms with E-state index in [0.29, 0.717) is 35.0 Å². The molecule has 1 aliphatic heterocycles. The zero-order valence-electron chi connectivity index (χ0n) is 11.6. The second-order valence-electron chi connectivity index (χ2n) is 4.75. The molecule has 1 aliphatic rings. The molecule has 0 radical (unpaired) electrons. The molecule has 20 heavy (non-hydrogen) atoms. The van der Waals surface area contributed by atoms with E-state index in [2.05, 4.69) is 27.3 Å². The lowest BCUT2D eigenvalue weighted by molar-refractivity contribution is 0.616. The summed E-state index contributed by atoms with van der Waals surface area (Å²) in [6.07, 6.45) is 1.59. The predicted octanol–water partition coefficient (Wildman–Crippen LogP) is 1.84. The lowest BCUT2D eigenvalue weighted by Crippen LogP contribution is -2.30. The average molecular weight is 290 g/mol. The summed E-state index contributed by atoms with van der Waals surface area (Å²) in [6, 6.07) is 4.63. The van der Waals surface area contributed by atoms with Crippen LogP contribution >= 0.6 is 11.6 Å². The van der Waals surface area contributed by atoms with E-state index in [4.69, 9.17) is 11.6 Å². The van der Waals surface area contributed by atoms with Crippen LogP contribution in [0.1, 0.15) is 30.0 Å². The Bertz CT molecular complexity index is 599. The van der Waals surface area contributed by atoms with Crippen molar-refractivity contribution < 1.29 is 0 Å². The van der Waals surface area contributed by atoms with Crippen LogP contribution in [0.25, 0.3) is 0 Å². The highest BCUT2D eigenvalue weighted by Gasteiger charge is 2.27. The predicted molar refractivity (Wildman–Crippen MR) is 77.7 cm³/mol. The van der Waals surface area contributed by atoms with E-state index in [1.165, 1.54) is 0 Å². The van der Waals surface area contributed by atoms with Gasteiger partial charge in [-0.2, -0.15) is 10.5 Å². The number of hydrogen-bond donors (Lipinski definition) is 1. The van der Waals surface area contributed by atoms with Crippen molar-refractivity contribution in [1.82, 2.24) is 10.3 Å².